The van der Waals surface area contributed by atoms with Crippen molar-refractivity contribution >= 4 is 21.6 Å². The van der Waals surface area contributed by atoms with E-state index in [2.05, 4.69) is 14.9 Å². The number of nitrogens with one attached hydrogen (secondary N) is 2. The zero-order valence-electron chi connectivity index (χ0n) is 17.0. The van der Waals surface area contributed by atoms with E-state index in [9.17, 15) is 13.2 Å². The molecule has 6 nitrogen and oxygen atoms in total. The molecule has 0 aliphatic heterocycles. The highest BCUT2D eigenvalue weighted by Gasteiger charge is 2.23. The average molecular weight is 416 g/mol. The summed E-state index contributed by atoms with van der Waals surface area (Å²) < 4.78 is 28.0. The molecule has 0 aromatic heterocycles. The molecule has 0 spiro atoms. The first-order valence-electron chi connectivity index (χ1n) is 10.0. The van der Waals surface area contributed by atoms with Gasteiger partial charge in [0.05, 0.1) is 4.90 Å². The minimum absolute atomic E-state index is 0.0107. The van der Waals surface area contributed by atoms with E-state index in [4.69, 9.17) is 0 Å². The fraction of sp³-hybridized carbons (Fsp3) is 0.409. The third-order valence-electron chi connectivity index (χ3n) is 5.14. The Bertz CT molecular complexity index is 934. The minimum atomic E-state index is -3.63. The van der Waals surface area contributed by atoms with Crippen LogP contribution in [0.2, 0.25) is 0 Å². The summed E-state index contributed by atoms with van der Waals surface area (Å²) >= 11 is 0. The number of hydrogen-bond acceptors (Lipinski definition) is 4. The van der Waals surface area contributed by atoms with E-state index in [-0.39, 0.29) is 16.8 Å². The maximum atomic E-state index is 12.6. The quantitative estimate of drug-likeness (QED) is 0.694. The van der Waals surface area contributed by atoms with Gasteiger partial charge in [-0.05, 0) is 69.3 Å². The first-order valence-corrected chi connectivity index (χ1v) is 11.5. The third kappa shape index (κ3) is 6.13. The SMILES string of the molecule is CN(C)CCc1ccc(NC(=O)c2cccc(S(=O)(=O)NC3CCCC3)c2)cc1. The molecule has 0 atom stereocenters. The Morgan fingerprint density at radius 2 is 1.76 bits per heavy atom. The summed E-state index contributed by atoms with van der Waals surface area (Å²) in [6, 6.07) is 13.9. The molecule has 2 aromatic carbocycles. The van der Waals surface area contributed by atoms with Gasteiger partial charge in [-0.25, -0.2) is 13.1 Å². The van der Waals surface area contributed by atoms with Crippen LogP contribution in [-0.4, -0.2) is 45.9 Å². The van der Waals surface area contributed by atoms with E-state index in [1.54, 1.807) is 12.1 Å². The normalized spacial score (nSPS) is 15.0. The van der Waals surface area contributed by atoms with Gasteiger partial charge in [0.2, 0.25) is 10.0 Å². The van der Waals surface area contributed by atoms with Crippen LogP contribution < -0.4 is 10.0 Å². The van der Waals surface area contributed by atoms with Crippen molar-refractivity contribution in [1.29, 1.82) is 0 Å². The second kappa shape index (κ2) is 9.52. The molecule has 0 unspecified atom stereocenters. The zero-order chi connectivity index (χ0) is 20.9. The highest BCUT2D eigenvalue weighted by Crippen LogP contribution is 2.21. The van der Waals surface area contributed by atoms with E-state index < -0.39 is 10.0 Å². The number of carbonyl (C=O) groups excluding carboxylic acids is 1. The molecule has 3 rings (SSSR count). The largest absolute Gasteiger partial charge is 0.322 e. The lowest BCUT2D eigenvalue weighted by molar-refractivity contribution is 0.102. The Labute approximate surface area is 173 Å². The molecule has 1 saturated carbocycles. The van der Waals surface area contributed by atoms with Crippen molar-refractivity contribution in [3.05, 3.63) is 59.7 Å². The van der Waals surface area contributed by atoms with Crippen molar-refractivity contribution in [1.82, 2.24) is 9.62 Å². The molecule has 1 amide bonds. The summed E-state index contributed by atoms with van der Waals surface area (Å²) in [4.78, 5) is 14.8. The number of rotatable bonds is 8. The molecule has 29 heavy (non-hydrogen) atoms. The number of amides is 1. The maximum absolute atomic E-state index is 12.6. The predicted molar refractivity (Wildman–Crippen MR) is 116 cm³/mol. The lowest BCUT2D eigenvalue weighted by atomic mass is 10.1. The molecule has 1 fully saturated rings. The van der Waals surface area contributed by atoms with E-state index in [1.807, 2.05) is 38.4 Å². The van der Waals surface area contributed by atoms with E-state index in [0.717, 1.165) is 38.6 Å². The average Bonchev–Trinajstić information content (AvgIpc) is 3.20. The van der Waals surface area contributed by atoms with Crippen LogP contribution in [0.5, 0.6) is 0 Å². The summed E-state index contributed by atoms with van der Waals surface area (Å²) in [6.07, 6.45) is 4.76. The fourth-order valence-electron chi connectivity index (χ4n) is 3.45. The van der Waals surface area contributed by atoms with Gasteiger partial charge in [-0.1, -0.05) is 31.0 Å². The van der Waals surface area contributed by atoms with Crippen LogP contribution in [0, 0.1) is 0 Å². The number of hydrogen-bond donors (Lipinski definition) is 2. The van der Waals surface area contributed by atoms with Crippen molar-refractivity contribution < 1.29 is 13.2 Å². The summed E-state index contributed by atoms with van der Waals surface area (Å²) in [7, 11) is 0.442. The van der Waals surface area contributed by atoms with E-state index >= 15 is 0 Å². The zero-order valence-corrected chi connectivity index (χ0v) is 17.8. The number of nitrogens with zero attached hydrogens (tertiary/aromatic N) is 1. The van der Waals surface area contributed by atoms with Crippen LogP contribution in [0.3, 0.4) is 0 Å². The molecule has 2 aromatic rings. The summed E-state index contributed by atoms with van der Waals surface area (Å²) in [5, 5.41) is 2.84. The van der Waals surface area contributed by atoms with Gasteiger partial charge in [0, 0.05) is 23.8 Å². The fourth-order valence-corrected chi connectivity index (χ4v) is 4.80. The van der Waals surface area contributed by atoms with Crippen LogP contribution in [0.1, 0.15) is 41.6 Å². The number of likely N-dealkylation sites (N-methyl/N-ethyl adjacent to an activating group) is 1. The van der Waals surface area contributed by atoms with E-state index in [0.29, 0.717) is 11.3 Å². The maximum Gasteiger partial charge on any atom is 0.255 e. The van der Waals surface area contributed by atoms with Crippen molar-refractivity contribution in [2.75, 3.05) is 26.0 Å². The van der Waals surface area contributed by atoms with Crippen LogP contribution in [-0.2, 0) is 16.4 Å². The molecule has 156 valence electrons. The predicted octanol–water partition coefficient (Wildman–Crippen LogP) is 3.26. The molecule has 0 heterocycles. The van der Waals surface area contributed by atoms with Crippen LogP contribution in [0.25, 0.3) is 0 Å². The Kier molecular flexibility index (Phi) is 7.05. The molecule has 0 radical (unpaired) electrons. The molecular formula is C22H29N3O3S. The molecule has 0 bridgehead atoms. The van der Waals surface area contributed by atoms with Gasteiger partial charge < -0.3 is 10.2 Å². The second-order valence-electron chi connectivity index (χ2n) is 7.83. The van der Waals surface area contributed by atoms with E-state index in [1.165, 1.54) is 17.7 Å². The molecular weight excluding hydrogens is 386 g/mol. The number of carbonyl (C=O) groups is 1. The molecule has 0 saturated heterocycles. The van der Waals surface area contributed by atoms with Gasteiger partial charge in [-0.3, -0.25) is 4.79 Å². The molecule has 2 N–H and O–H groups in total. The van der Waals surface area contributed by atoms with Gasteiger partial charge in [0.1, 0.15) is 0 Å². The summed E-state index contributed by atoms with van der Waals surface area (Å²) in [5.41, 5.74) is 2.19. The number of benzene rings is 2. The molecule has 7 heteroatoms. The number of anilines is 1. The van der Waals surface area contributed by atoms with Gasteiger partial charge in [0.15, 0.2) is 0 Å². The topological polar surface area (TPSA) is 78.5 Å². The Balaban J connectivity index is 1.66. The van der Waals surface area contributed by atoms with Crippen molar-refractivity contribution in [2.45, 2.75) is 43.0 Å². The van der Waals surface area contributed by atoms with Crippen molar-refractivity contribution in [3.8, 4) is 0 Å². The Hall–Kier alpha value is -2.22. The van der Waals surface area contributed by atoms with Gasteiger partial charge >= 0.3 is 0 Å². The monoisotopic (exact) mass is 415 g/mol. The lowest BCUT2D eigenvalue weighted by Crippen LogP contribution is -2.32. The minimum Gasteiger partial charge on any atom is -0.322 e. The van der Waals surface area contributed by atoms with Crippen molar-refractivity contribution in [3.63, 3.8) is 0 Å². The van der Waals surface area contributed by atoms with Crippen molar-refractivity contribution in [2.24, 2.45) is 0 Å². The second-order valence-corrected chi connectivity index (χ2v) is 9.55. The summed E-state index contributed by atoms with van der Waals surface area (Å²) in [6.45, 7) is 0.960. The Morgan fingerprint density at radius 1 is 1.07 bits per heavy atom. The lowest BCUT2D eigenvalue weighted by Gasteiger charge is -2.13. The van der Waals surface area contributed by atoms with Gasteiger partial charge in [-0.15, -0.1) is 0 Å². The van der Waals surface area contributed by atoms with Gasteiger partial charge in [-0.2, -0.15) is 0 Å². The first-order chi connectivity index (χ1) is 13.8. The molecule has 1 aliphatic carbocycles. The smallest absolute Gasteiger partial charge is 0.255 e. The van der Waals surface area contributed by atoms with Crippen LogP contribution in [0.4, 0.5) is 5.69 Å². The number of sulfonamides is 1. The van der Waals surface area contributed by atoms with Gasteiger partial charge in [0.25, 0.3) is 5.91 Å². The highest BCUT2D eigenvalue weighted by atomic mass is 32.2. The van der Waals surface area contributed by atoms with Crippen LogP contribution >= 0.6 is 0 Å². The van der Waals surface area contributed by atoms with Crippen LogP contribution in [0.15, 0.2) is 53.4 Å². The molecule has 1 aliphatic rings. The summed E-state index contributed by atoms with van der Waals surface area (Å²) in [5.74, 6) is -0.330. The Morgan fingerprint density at radius 3 is 2.41 bits per heavy atom. The first kappa shape index (κ1) is 21.5. The highest BCUT2D eigenvalue weighted by molar-refractivity contribution is 7.89. The standard InChI is InChI=1S/C22H29N3O3S/c1-25(2)15-14-17-10-12-19(13-11-17)23-22(26)18-6-5-9-21(16-18)29(27,28)24-20-7-3-4-8-20/h5-6,9-13,16,20,24H,3-4,7-8,14-15H2,1-2H3,(H,23,26). The third-order valence-corrected chi connectivity index (χ3v) is 6.66.